The summed E-state index contributed by atoms with van der Waals surface area (Å²) in [5.41, 5.74) is 0. The average Bonchev–Trinajstić information content (AvgIpc) is 2.78. The molecule has 0 saturated carbocycles. The van der Waals surface area contributed by atoms with Gasteiger partial charge in [0.1, 0.15) is 6.61 Å². The summed E-state index contributed by atoms with van der Waals surface area (Å²) < 4.78 is 13.5. The number of rotatable bonds is 12. The van der Waals surface area contributed by atoms with Crippen molar-refractivity contribution in [1.29, 1.82) is 0 Å². The van der Waals surface area contributed by atoms with Gasteiger partial charge in [0.05, 0.1) is 19.8 Å². The molecule has 0 aromatic heterocycles. The van der Waals surface area contributed by atoms with Crippen LogP contribution >= 0.6 is 0 Å². The van der Waals surface area contributed by atoms with Gasteiger partial charge in [-0.2, -0.15) is 0 Å². The minimum Gasteiger partial charge on any atom is -0.463 e. The lowest BCUT2D eigenvalue weighted by molar-refractivity contribution is -0.139. The largest absolute Gasteiger partial charge is 0.463 e. The Balaban J connectivity index is -0.000000155. The fraction of sp³-hybridized carbons (Fsp3) is 0.500. The summed E-state index contributed by atoms with van der Waals surface area (Å²) in [6.45, 7) is 17.9. The first-order chi connectivity index (χ1) is 14.3. The van der Waals surface area contributed by atoms with Crippen molar-refractivity contribution in [2.75, 3.05) is 33.0 Å². The molecule has 0 saturated heterocycles. The maximum absolute atomic E-state index is 10.3. The molecule has 30 heavy (non-hydrogen) atoms. The Bertz CT molecular complexity index is 432. The molecule has 0 aliphatic carbocycles. The highest BCUT2D eigenvalue weighted by Gasteiger charge is 1.92. The maximum atomic E-state index is 10.3. The number of unbranched alkanes of at least 4 members (excludes halogenated alkanes) is 1. The quantitative estimate of drug-likeness (QED) is 0.159. The number of carbonyl (C=O) groups excluding carboxylic acids is 3. The first-order valence-electron chi connectivity index (χ1n) is 9.54. The molecule has 0 spiro atoms. The van der Waals surface area contributed by atoms with Gasteiger partial charge in [-0.15, -0.1) is 6.58 Å². The third-order valence-corrected chi connectivity index (χ3v) is 2.41. The van der Waals surface area contributed by atoms with Crippen molar-refractivity contribution < 1.29 is 38.8 Å². The number of aliphatic hydroxyl groups excluding tert-OH is 2. The molecule has 0 amide bonds. The van der Waals surface area contributed by atoms with Gasteiger partial charge in [0.15, 0.2) is 0 Å². The summed E-state index contributed by atoms with van der Waals surface area (Å²) in [6, 6.07) is 0. The number of allylic oxidation sites excluding steroid dienone is 1. The zero-order valence-corrected chi connectivity index (χ0v) is 18.3. The number of esters is 3. The summed E-state index contributed by atoms with van der Waals surface area (Å²) in [5, 5.41) is 16.3. The molecular formula is C22H38O8. The predicted octanol–water partition coefficient (Wildman–Crippen LogP) is 2.90. The first-order valence-corrected chi connectivity index (χ1v) is 9.54. The van der Waals surface area contributed by atoms with E-state index in [0.29, 0.717) is 13.0 Å². The molecule has 0 aromatic carbocycles. The molecule has 174 valence electrons. The van der Waals surface area contributed by atoms with E-state index in [1.54, 1.807) is 0 Å². The van der Waals surface area contributed by atoms with Crippen LogP contribution in [0.5, 0.6) is 0 Å². The fourth-order valence-corrected chi connectivity index (χ4v) is 0.877. The van der Waals surface area contributed by atoms with Crippen LogP contribution in [0.4, 0.5) is 0 Å². The average molecular weight is 431 g/mol. The van der Waals surface area contributed by atoms with Gasteiger partial charge in [-0.05, 0) is 12.8 Å². The van der Waals surface area contributed by atoms with Gasteiger partial charge in [-0.25, -0.2) is 14.4 Å². The molecule has 2 N–H and O–H groups in total. The van der Waals surface area contributed by atoms with E-state index in [-0.39, 0.29) is 32.4 Å². The van der Waals surface area contributed by atoms with E-state index < -0.39 is 11.9 Å². The standard InChI is InChI=1S/C7H12O2.C6H10O3.C5H8O3.C4H8/c1-3-5-6-9-7(8)4-2;1-2-6(8)9-5-3-4-7;1-2-5(7)8-4-3-6;1-3-4-2/h4H,2-3,5-6H2,1H3;2,7H,1,3-5H2;2,6H,1,3-4H2;3H,1,4H2,2H3. The second-order valence-electron chi connectivity index (χ2n) is 4.97. The zero-order valence-electron chi connectivity index (χ0n) is 18.3. The van der Waals surface area contributed by atoms with Crippen molar-refractivity contribution in [2.45, 2.75) is 39.5 Å². The molecule has 8 nitrogen and oxygen atoms in total. The zero-order chi connectivity index (χ0) is 24.0. The minimum atomic E-state index is -0.501. The van der Waals surface area contributed by atoms with Crippen LogP contribution in [-0.4, -0.2) is 61.2 Å². The fourth-order valence-electron chi connectivity index (χ4n) is 0.877. The van der Waals surface area contributed by atoms with Crippen LogP contribution in [0.2, 0.25) is 0 Å². The number of carbonyl (C=O) groups is 3. The van der Waals surface area contributed by atoms with Crippen LogP contribution < -0.4 is 0 Å². The molecular weight excluding hydrogens is 392 g/mol. The second-order valence-corrected chi connectivity index (χ2v) is 4.97. The van der Waals surface area contributed by atoms with Crippen molar-refractivity contribution in [1.82, 2.24) is 0 Å². The summed E-state index contributed by atoms with van der Waals surface area (Å²) in [7, 11) is 0. The van der Waals surface area contributed by atoms with Gasteiger partial charge >= 0.3 is 17.9 Å². The van der Waals surface area contributed by atoms with Gasteiger partial charge in [0.2, 0.25) is 0 Å². The monoisotopic (exact) mass is 430 g/mol. The smallest absolute Gasteiger partial charge is 0.330 e. The minimum absolute atomic E-state index is 0.0461. The number of ether oxygens (including phenoxy) is 3. The summed E-state index contributed by atoms with van der Waals surface area (Å²) in [5.74, 6) is -1.27. The Morgan fingerprint density at radius 1 is 0.700 bits per heavy atom. The Kier molecular flexibility index (Phi) is 39.2. The molecule has 0 radical (unpaired) electrons. The molecule has 0 atom stereocenters. The highest BCUT2D eigenvalue weighted by atomic mass is 16.5. The summed E-state index contributed by atoms with van der Waals surface area (Å²) in [4.78, 5) is 30.7. The van der Waals surface area contributed by atoms with Crippen LogP contribution in [0.3, 0.4) is 0 Å². The van der Waals surface area contributed by atoms with Crippen molar-refractivity contribution in [3.8, 4) is 0 Å². The Morgan fingerprint density at radius 2 is 1.07 bits per heavy atom. The van der Waals surface area contributed by atoms with Crippen molar-refractivity contribution >= 4 is 17.9 Å². The molecule has 0 bridgehead atoms. The van der Waals surface area contributed by atoms with Crippen molar-refractivity contribution in [3.63, 3.8) is 0 Å². The van der Waals surface area contributed by atoms with E-state index in [1.165, 1.54) is 6.08 Å². The van der Waals surface area contributed by atoms with Crippen LogP contribution in [-0.2, 0) is 28.6 Å². The molecule has 0 fully saturated rings. The molecule has 8 heteroatoms. The molecule has 0 unspecified atom stereocenters. The molecule has 0 aliphatic rings. The van der Waals surface area contributed by atoms with Gasteiger partial charge in [0.25, 0.3) is 0 Å². The van der Waals surface area contributed by atoms with E-state index in [4.69, 9.17) is 10.2 Å². The lowest BCUT2D eigenvalue weighted by atomic mass is 10.4. The Hall–Kier alpha value is -2.71. The first kappa shape index (κ1) is 34.8. The lowest BCUT2D eigenvalue weighted by Crippen LogP contribution is -2.04. The van der Waals surface area contributed by atoms with Crippen LogP contribution in [0, 0.1) is 0 Å². The summed E-state index contributed by atoms with van der Waals surface area (Å²) >= 11 is 0. The van der Waals surface area contributed by atoms with E-state index in [0.717, 1.165) is 31.4 Å². The molecule has 0 rings (SSSR count). The number of hydrogen-bond donors (Lipinski definition) is 2. The van der Waals surface area contributed by atoms with Crippen molar-refractivity contribution in [3.05, 3.63) is 50.6 Å². The summed E-state index contributed by atoms with van der Waals surface area (Å²) in [6.07, 6.45) is 8.74. The van der Waals surface area contributed by atoms with Crippen LogP contribution in [0.1, 0.15) is 39.5 Å². The van der Waals surface area contributed by atoms with E-state index in [2.05, 4.69) is 47.5 Å². The SMILES string of the molecule is C=CC(=O)OCCCC.C=CC(=O)OCCCO.C=CC(=O)OCCO.C=CCC. The highest BCUT2D eigenvalue weighted by Crippen LogP contribution is 1.88. The second kappa shape index (κ2) is 33.8. The van der Waals surface area contributed by atoms with E-state index in [1.807, 2.05) is 13.0 Å². The lowest BCUT2D eigenvalue weighted by Gasteiger charge is -1.97. The van der Waals surface area contributed by atoms with Crippen LogP contribution in [0.25, 0.3) is 0 Å². The molecule has 0 aromatic rings. The van der Waals surface area contributed by atoms with Crippen LogP contribution in [0.15, 0.2) is 50.6 Å². The maximum Gasteiger partial charge on any atom is 0.330 e. The Morgan fingerprint density at radius 3 is 1.33 bits per heavy atom. The molecule has 0 aliphatic heterocycles. The number of aliphatic hydroxyl groups is 2. The number of hydrogen-bond acceptors (Lipinski definition) is 8. The van der Waals surface area contributed by atoms with Gasteiger partial charge in [-0.3, -0.25) is 0 Å². The topological polar surface area (TPSA) is 119 Å². The Labute approximate surface area is 180 Å². The normalized spacial score (nSPS) is 8.13. The van der Waals surface area contributed by atoms with Gasteiger partial charge in [0, 0.05) is 31.3 Å². The van der Waals surface area contributed by atoms with Crippen molar-refractivity contribution in [2.24, 2.45) is 0 Å². The predicted molar refractivity (Wildman–Crippen MR) is 118 cm³/mol. The third-order valence-electron chi connectivity index (χ3n) is 2.41. The third kappa shape index (κ3) is 44.6. The van der Waals surface area contributed by atoms with E-state index >= 15 is 0 Å². The van der Waals surface area contributed by atoms with Gasteiger partial charge < -0.3 is 24.4 Å². The van der Waals surface area contributed by atoms with Gasteiger partial charge in [-0.1, -0.05) is 46.1 Å². The highest BCUT2D eigenvalue weighted by molar-refractivity contribution is 5.81. The molecule has 0 heterocycles. The van der Waals surface area contributed by atoms with E-state index in [9.17, 15) is 14.4 Å².